The van der Waals surface area contributed by atoms with Gasteiger partial charge in [0.15, 0.2) is 0 Å². The van der Waals surface area contributed by atoms with E-state index in [9.17, 15) is 13.2 Å². The summed E-state index contributed by atoms with van der Waals surface area (Å²) < 4.78 is 21.1. The van der Waals surface area contributed by atoms with E-state index in [4.69, 9.17) is 10.9 Å². The number of carbonyl (C=O) groups is 1. The average molecular weight is 274 g/mol. The topological polar surface area (TPSA) is 115 Å². The lowest BCUT2D eigenvalue weighted by Crippen LogP contribution is -2.49. The number of sulfonamides is 1. The first-order valence-corrected chi connectivity index (χ1v) is 6.29. The van der Waals surface area contributed by atoms with Crippen molar-refractivity contribution in [1.29, 1.82) is 0 Å². The maximum Gasteiger partial charge on any atom is 0.237 e. The molecule has 1 atom stereocenters. The summed E-state index contributed by atoms with van der Waals surface area (Å²) in [5.74, 6) is -0.651. The Kier molecular flexibility index (Phi) is 7.19. The molecule has 0 rings (SSSR count). The fraction of sp³-hybridized carbons (Fsp3) is 0.875. The van der Waals surface area contributed by atoms with E-state index in [-0.39, 0.29) is 36.0 Å². The van der Waals surface area contributed by atoms with E-state index in [0.29, 0.717) is 0 Å². The van der Waals surface area contributed by atoms with Gasteiger partial charge in [-0.05, 0) is 5.41 Å². The van der Waals surface area contributed by atoms with Crippen molar-refractivity contribution in [3.8, 4) is 0 Å². The second-order valence-electron chi connectivity index (χ2n) is 4.50. The monoisotopic (exact) mass is 273 g/mol. The third-order valence-electron chi connectivity index (χ3n) is 1.90. The van der Waals surface area contributed by atoms with E-state index in [1.165, 1.54) is 0 Å². The van der Waals surface area contributed by atoms with E-state index >= 15 is 0 Å². The third kappa shape index (κ3) is 7.86. The second-order valence-corrected chi connectivity index (χ2v) is 6.24. The van der Waals surface area contributed by atoms with Gasteiger partial charge in [-0.1, -0.05) is 20.8 Å². The molecule has 0 aromatic heterocycles. The third-order valence-corrected chi connectivity index (χ3v) is 2.67. The number of hydrogen-bond donors (Lipinski definition) is 3. The molecule has 0 aliphatic heterocycles. The van der Waals surface area contributed by atoms with E-state index in [2.05, 4.69) is 5.32 Å². The maximum absolute atomic E-state index is 11.4. The van der Waals surface area contributed by atoms with Crippen LogP contribution in [-0.2, 0) is 14.8 Å². The Hall–Kier alpha value is -0.370. The molecule has 0 radical (unpaired) electrons. The van der Waals surface area contributed by atoms with Crippen LogP contribution in [0.3, 0.4) is 0 Å². The standard InChI is InChI=1S/C8H19N3O3S.ClH/c1-8(2,3)6(9)7(12)11-4-5-15(10,13)14;/h6H,4-5,9H2,1-3H3,(H,11,12)(H2,10,13,14);1H/t6-;/m1./s1. The maximum atomic E-state index is 11.4. The van der Waals surface area contributed by atoms with Crippen molar-refractivity contribution in [2.75, 3.05) is 12.3 Å². The molecule has 0 aromatic rings. The minimum absolute atomic E-state index is 0. The zero-order chi connectivity index (χ0) is 12.3. The molecule has 1 amide bonds. The van der Waals surface area contributed by atoms with Gasteiger partial charge in [0, 0.05) is 6.54 Å². The summed E-state index contributed by atoms with van der Waals surface area (Å²) in [6.07, 6.45) is 0. The van der Waals surface area contributed by atoms with Crippen LogP contribution in [0.4, 0.5) is 0 Å². The first-order chi connectivity index (χ1) is 6.54. The van der Waals surface area contributed by atoms with Crippen molar-refractivity contribution in [2.24, 2.45) is 16.3 Å². The normalized spacial score (nSPS) is 13.8. The molecule has 0 aliphatic carbocycles. The molecule has 8 heteroatoms. The van der Waals surface area contributed by atoms with Crippen LogP contribution in [0.15, 0.2) is 0 Å². The smallest absolute Gasteiger partial charge is 0.237 e. The highest BCUT2D eigenvalue weighted by Crippen LogP contribution is 2.16. The highest BCUT2D eigenvalue weighted by Gasteiger charge is 2.27. The molecule has 0 saturated heterocycles. The van der Waals surface area contributed by atoms with Gasteiger partial charge in [-0.2, -0.15) is 0 Å². The summed E-state index contributed by atoms with van der Waals surface area (Å²) >= 11 is 0. The number of carbonyl (C=O) groups excluding carboxylic acids is 1. The minimum Gasteiger partial charge on any atom is -0.354 e. The van der Waals surface area contributed by atoms with Crippen LogP contribution in [0.5, 0.6) is 0 Å². The Morgan fingerprint density at radius 2 is 1.81 bits per heavy atom. The molecule has 98 valence electrons. The van der Waals surface area contributed by atoms with E-state index in [1.807, 2.05) is 20.8 Å². The molecule has 0 bridgehead atoms. The van der Waals surface area contributed by atoms with E-state index < -0.39 is 16.1 Å². The lowest BCUT2D eigenvalue weighted by molar-refractivity contribution is -0.124. The Morgan fingerprint density at radius 1 is 1.38 bits per heavy atom. The summed E-state index contributed by atoms with van der Waals surface area (Å²) in [4.78, 5) is 11.4. The summed E-state index contributed by atoms with van der Waals surface area (Å²) in [5, 5.41) is 7.20. The van der Waals surface area contributed by atoms with Gasteiger partial charge >= 0.3 is 0 Å². The highest BCUT2D eigenvalue weighted by molar-refractivity contribution is 7.89. The van der Waals surface area contributed by atoms with Crippen LogP contribution in [0, 0.1) is 5.41 Å². The fourth-order valence-electron chi connectivity index (χ4n) is 0.820. The molecule has 0 heterocycles. The summed E-state index contributed by atoms with van der Waals surface area (Å²) in [6.45, 7) is 5.48. The van der Waals surface area contributed by atoms with Crippen molar-refractivity contribution in [2.45, 2.75) is 26.8 Å². The summed E-state index contributed by atoms with van der Waals surface area (Å²) in [6, 6.07) is -0.669. The SMILES string of the molecule is CC(C)(C)[C@H](N)C(=O)NCCS(N)(=O)=O.Cl. The van der Waals surface area contributed by atoms with E-state index in [1.54, 1.807) is 0 Å². The van der Waals surface area contributed by atoms with Gasteiger partial charge in [-0.25, -0.2) is 13.6 Å². The van der Waals surface area contributed by atoms with Crippen LogP contribution in [0.25, 0.3) is 0 Å². The molecule has 0 saturated carbocycles. The molecule has 0 spiro atoms. The number of primary sulfonamides is 1. The zero-order valence-electron chi connectivity index (χ0n) is 9.69. The molecule has 0 unspecified atom stereocenters. The van der Waals surface area contributed by atoms with Gasteiger partial charge in [0.05, 0.1) is 11.8 Å². The molecular weight excluding hydrogens is 254 g/mol. The van der Waals surface area contributed by atoms with Crippen molar-refractivity contribution >= 4 is 28.3 Å². The van der Waals surface area contributed by atoms with Crippen molar-refractivity contribution in [3.05, 3.63) is 0 Å². The summed E-state index contributed by atoms with van der Waals surface area (Å²) in [5.41, 5.74) is 5.30. The van der Waals surface area contributed by atoms with Crippen LogP contribution < -0.4 is 16.2 Å². The average Bonchev–Trinajstić information content (AvgIpc) is 1.98. The Bertz CT molecular complexity index is 324. The predicted molar refractivity (Wildman–Crippen MR) is 65.7 cm³/mol. The van der Waals surface area contributed by atoms with Crippen LogP contribution in [0.1, 0.15) is 20.8 Å². The zero-order valence-corrected chi connectivity index (χ0v) is 11.3. The quantitative estimate of drug-likeness (QED) is 0.621. The Morgan fingerprint density at radius 3 is 2.12 bits per heavy atom. The fourth-order valence-corrected chi connectivity index (χ4v) is 1.21. The Labute approximate surface area is 103 Å². The van der Waals surface area contributed by atoms with Gasteiger partial charge in [-0.15, -0.1) is 12.4 Å². The lowest BCUT2D eigenvalue weighted by atomic mass is 9.87. The van der Waals surface area contributed by atoms with Crippen molar-refractivity contribution in [3.63, 3.8) is 0 Å². The lowest BCUT2D eigenvalue weighted by Gasteiger charge is -2.25. The van der Waals surface area contributed by atoms with Crippen molar-refractivity contribution in [1.82, 2.24) is 5.32 Å². The van der Waals surface area contributed by atoms with Gasteiger partial charge in [0.2, 0.25) is 15.9 Å². The van der Waals surface area contributed by atoms with Gasteiger partial charge in [0.25, 0.3) is 0 Å². The molecule has 5 N–H and O–H groups in total. The first kappa shape index (κ1) is 18.0. The molecule has 0 fully saturated rings. The summed E-state index contributed by atoms with van der Waals surface area (Å²) in [7, 11) is -3.54. The van der Waals surface area contributed by atoms with Crippen LogP contribution in [-0.4, -0.2) is 32.7 Å². The molecule has 0 aromatic carbocycles. The number of halogens is 1. The number of hydrogen-bond acceptors (Lipinski definition) is 4. The van der Waals surface area contributed by atoms with Gasteiger partial charge < -0.3 is 11.1 Å². The molecule has 0 aliphatic rings. The minimum atomic E-state index is -3.54. The molecule has 16 heavy (non-hydrogen) atoms. The second kappa shape index (κ2) is 6.39. The Balaban J connectivity index is 0. The highest BCUT2D eigenvalue weighted by atomic mass is 35.5. The predicted octanol–water partition coefficient (Wildman–Crippen LogP) is -0.814. The molecule has 6 nitrogen and oxygen atoms in total. The van der Waals surface area contributed by atoms with E-state index in [0.717, 1.165) is 0 Å². The largest absolute Gasteiger partial charge is 0.354 e. The van der Waals surface area contributed by atoms with Gasteiger partial charge in [-0.3, -0.25) is 4.79 Å². The number of nitrogens with one attached hydrogen (secondary N) is 1. The van der Waals surface area contributed by atoms with Gasteiger partial charge in [0.1, 0.15) is 0 Å². The number of nitrogens with two attached hydrogens (primary N) is 2. The van der Waals surface area contributed by atoms with Crippen molar-refractivity contribution < 1.29 is 13.2 Å². The van der Waals surface area contributed by atoms with Crippen LogP contribution >= 0.6 is 12.4 Å². The van der Waals surface area contributed by atoms with Crippen LogP contribution in [0.2, 0.25) is 0 Å². The number of amides is 1. The molecular formula is C8H20ClN3O3S. The number of rotatable bonds is 4. The first-order valence-electron chi connectivity index (χ1n) is 4.58.